The number of hydrogen-bond acceptors (Lipinski definition) is 5. The lowest BCUT2D eigenvalue weighted by molar-refractivity contribution is 0.169. The number of hydrogen-bond donors (Lipinski definition) is 1. The van der Waals surface area contributed by atoms with Crippen LogP contribution in [0, 0.1) is 0 Å². The quantitative estimate of drug-likeness (QED) is 0.335. The molecule has 3 rings (SSSR count). The molecule has 0 unspecified atom stereocenters. The SMILES string of the molecule is CCNC(=NCCc1ccc(OC)cc1Cl)N1CCN(Cc2ccon2)CC1.I. The zero-order chi connectivity index (χ0) is 19.8. The average molecular weight is 534 g/mol. The monoisotopic (exact) mass is 533 g/mol. The van der Waals surface area contributed by atoms with Gasteiger partial charge in [0, 0.05) is 56.9 Å². The van der Waals surface area contributed by atoms with Crippen LogP contribution < -0.4 is 10.1 Å². The fourth-order valence-corrected chi connectivity index (χ4v) is 3.50. The number of ether oxygens (including phenoxy) is 1. The Morgan fingerprint density at radius 3 is 2.69 bits per heavy atom. The second-order valence-corrected chi connectivity index (χ2v) is 7.10. The van der Waals surface area contributed by atoms with Crippen LogP contribution >= 0.6 is 35.6 Å². The van der Waals surface area contributed by atoms with Gasteiger partial charge >= 0.3 is 0 Å². The van der Waals surface area contributed by atoms with Crippen molar-refractivity contribution in [3.05, 3.63) is 46.8 Å². The molecule has 160 valence electrons. The van der Waals surface area contributed by atoms with Crippen LogP contribution in [0.5, 0.6) is 5.75 Å². The molecule has 0 spiro atoms. The minimum absolute atomic E-state index is 0. The third kappa shape index (κ3) is 7.04. The molecule has 1 saturated heterocycles. The van der Waals surface area contributed by atoms with E-state index in [0.29, 0.717) is 6.54 Å². The van der Waals surface area contributed by atoms with Crippen molar-refractivity contribution in [1.82, 2.24) is 20.3 Å². The Labute approximate surface area is 194 Å². The molecule has 0 aliphatic carbocycles. The van der Waals surface area contributed by atoms with E-state index in [-0.39, 0.29) is 24.0 Å². The number of piperazine rings is 1. The molecule has 0 saturated carbocycles. The van der Waals surface area contributed by atoms with Crippen molar-refractivity contribution in [3.8, 4) is 5.75 Å². The number of aromatic nitrogens is 1. The number of nitrogens with zero attached hydrogens (tertiary/aromatic N) is 4. The Hall–Kier alpha value is -1.52. The predicted molar refractivity (Wildman–Crippen MR) is 126 cm³/mol. The molecule has 1 aromatic carbocycles. The maximum atomic E-state index is 6.34. The summed E-state index contributed by atoms with van der Waals surface area (Å²) in [7, 11) is 1.64. The smallest absolute Gasteiger partial charge is 0.194 e. The summed E-state index contributed by atoms with van der Waals surface area (Å²) < 4.78 is 10.1. The van der Waals surface area contributed by atoms with Gasteiger partial charge in [-0.3, -0.25) is 9.89 Å². The molecule has 29 heavy (non-hydrogen) atoms. The first kappa shape index (κ1) is 23.8. The minimum Gasteiger partial charge on any atom is -0.497 e. The van der Waals surface area contributed by atoms with E-state index in [1.165, 1.54) is 0 Å². The highest BCUT2D eigenvalue weighted by Gasteiger charge is 2.20. The summed E-state index contributed by atoms with van der Waals surface area (Å²) in [5.74, 6) is 1.74. The Morgan fingerprint density at radius 2 is 2.07 bits per heavy atom. The van der Waals surface area contributed by atoms with Gasteiger partial charge in [0.25, 0.3) is 0 Å². The largest absolute Gasteiger partial charge is 0.497 e. The van der Waals surface area contributed by atoms with Crippen LogP contribution in [0.15, 0.2) is 40.0 Å². The predicted octanol–water partition coefficient (Wildman–Crippen LogP) is 3.28. The fourth-order valence-electron chi connectivity index (χ4n) is 3.23. The molecule has 0 atom stereocenters. The van der Waals surface area contributed by atoms with E-state index in [1.807, 2.05) is 24.3 Å². The van der Waals surface area contributed by atoms with E-state index in [4.69, 9.17) is 25.9 Å². The highest BCUT2D eigenvalue weighted by molar-refractivity contribution is 14.0. The topological polar surface area (TPSA) is 66.1 Å². The fraction of sp³-hybridized carbons (Fsp3) is 0.500. The highest BCUT2D eigenvalue weighted by atomic mass is 127. The number of benzene rings is 1. The molecular weight excluding hydrogens is 505 g/mol. The summed E-state index contributed by atoms with van der Waals surface area (Å²) in [4.78, 5) is 9.51. The second-order valence-electron chi connectivity index (χ2n) is 6.70. The Morgan fingerprint density at radius 1 is 1.28 bits per heavy atom. The number of rotatable bonds is 7. The van der Waals surface area contributed by atoms with E-state index in [2.05, 4.69) is 27.2 Å². The molecule has 0 amide bonds. The van der Waals surface area contributed by atoms with Crippen LogP contribution in [-0.2, 0) is 13.0 Å². The minimum atomic E-state index is 0. The molecule has 1 aromatic heterocycles. The molecule has 2 aromatic rings. The molecule has 0 bridgehead atoms. The van der Waals surface area contributed by atoms with Gasteiger partial charge in [-0.05, 0) is 31.0 Å². The van der Waals surface area contributed by atoms with Gasteiger partial charge in [-0.15, -0.1) is 24.0 Å². The van der Waals surface area contributed by atoms with E-state index in [1.54, 1.807) is 13.4 Å². The first-order valence-electron chi connectivity index (χ1n) is 9.67. The number of halogens is 2. The number of nitrogens with one attached hydrogen (secondary N) is 1. The summed E-state index contributed by atoms with van der Waals surface area (Å²) in [5.41, 5.74) is 2.06. The third-order valence-electron chi connectivity index (χ3n) is 4.79. The van der Waals surface area contributed by atoms with Gasteiger partial charge < -0.3 is 19.5 Å². The zero-order valence-corrected chi connectivity index (χ0v) is 20.0. The summed E-state index contributed by atoms with van der Waals surface area (Å²) in [6.45, 7) is 8.28. The molecule has 1 fully saturated rings. The maximum Gasteiger partial charge on any atom is 0.194 e. The third-order valence-corrected chi connectivity index (χ3v) is 5.14. The van der Waals surface area contributed by atoms with Gasteiger partial charge in [0.15, 0.2) is 5.96 Å². The molecule has 1 N–H and O–H groups in total. The number of guanidine groups is 1. The Kier molecular flexibility index (Phi) is 10.0. The Bertz CT molecular complexity index is 764. The summed E-state index contributed by atoms with van der Waals surface area (Å²) in [5, 5.41) is 8.13. The molecular formula is C20H29ClIN5O2. The van der Waals surface area contributed by atoms with Gasteiger partial charge in [0.1, 0.15) is 12.0 Å². The highest BCUT2D eigenvalue weighted by Crippen LogP contribution is 2.22. The van der Waals surface area contributed by atoms with E-state index < -0.39 is 0 Å². The van der Waals surface area contributed by atoms with E-state index >= 15 is 0 Å². The van der Waals surface area contributed by atoms with E-state index in [9.17, 15) is 0 Å². The van der Waals surface area contributed by atoms with Crippen LogP contribution in [0.4, 0.5) is 0 Å². The van der Waals surface area contributed by atoms with Crippen LogP contribution in [0.25, 0.3) is 0 Å². The van der Waals surface area contributed by atoms with Gasteiger partial charge in [0.2, 0.25) is 0 Å². The lowest BCUT2D eigenvalue weighted by Gasteiger charge is -2.36. The standard InChI is InChI=1S/C20H28ClN5O2.HI/c1-3-22-20(23-8-6-16-4-5-18(27-2)14-19(16)21)26-11-9-25(10-12-26)15-17-7-13-28-24-17;/h4-5,7,13-14H,3,6,8-12,15H2,1-2H3,(H,22,23);1H. The molecule has 0 radical (unpaired) electrons. The van der Waals surface area contributed by atoms with Crippen LogP contribution in [0.3, 0.4) is 0 Å². The van der Waals surface area contributed by atoms with Crippen molar-refractivity contribution in [2.24, 2.45) is 4.99 Å². The first-order valence-corrected chi connectivity index (χ1v) is 10.0. The van der Waals surface area contributed by atoms with Gasteiger partial charge in [-0.1, -0.05) is 22.8 Å². The maximum absolute atomic E-state index is 6.34. The lowest BCUT2D eigenvalue weighted by atomic mass is 10.1. The summed E-state index contributed by atoms with van der Waals surface area (Å²) >= 11 is 6.34. The lowest BCUT2D eigenvalue weighted by Crippen LogP contribution is -2.52. The molecule has 2 heterocycles. The van der Waals surface area contributed by atoms with Crippen molar-refractivity contribution in [2.45, 2.75) is 19.9 Å². The zero-order valence-electron chi connectivity index (χ0n) is 16.9. The molecule has 1 aliphatic heterocycles. The molecule has 7 nitrogen and oxygen atoms in total. The van der Waals surface area contributed by atoms with Crippen LogP contribution in [0.2, 0.25) is 5.02 Å². The Balaban J connectivity index is 0.00000300. The summed E-state index contributed by atoms with van der Waals surface area (Å²) in [6.07, 6.45) is 2.42. The van der Waals surface area contributed by atoms with Crippen molar-refractivity contribution < 1.29 is 9.26 Å². The van der Waals surface area contributed by atoms with Gasteiger partial charge in [-0.25, -0.2) is 0 Å². The normalized spacial score (nSPS) is 15.1. The van der Waals surface area contributed by atoms with Crippen molar-refractivity contribution in [2.75, 3.05) is 46.4 Å². The first-order chi connectivity index (χ1) is 13.7. The van der Waals surface area contributed by atoms with E-state index in [0.717, 1.165) is 73.7 Å². The average Bonchev–Trinajstić information content (AvgIpc) is 3.22. The van der Waals surface area contributed by atoms with Crippen molar-refractivity contribution >= 4 is 41.5 Å². The van der Waals surface area contributed by atoms with Crippen molar-refractivity contribution in [1.29, 1.82) is 0 Å². The second kappa shape index (κ2) is 12.2. The van der Waals surface area contributed by atoms with Crippen LogP contribution in [-0.4, -0.2) is 67.3 Å². The molecule has 9 heteroatoms. The number of methoxy groups -OCH3 is 1. The van der Waals surface area contributed by atoms with Gasteiger partial charge in [-0.2, -0.15) is 0 Å². The van der Waals surface area contributed by atoms with Crippen molar-refractivity contribution in [3.63, 3.8) is 0 Å². The summed E-state index contributed by atoms with van der Waals surface area (Å²) in [6, 6.07) is 7.71. The van der Waals surface area contributed by atoms with Gasteiger partial charge in [0.05, 0.1) is 12.8 Å². The number of aliphatic imine (C=N–C) groups is 1. The van der Waals surface area contributed by atoms with Crippen LogP contribution in [0.1, 0.15) is 18.2 Å². The molecule has 1 aliphatic rings.